The first-order chi connectivity index (χ1) is 18.9. The number of imidazole rings is 1. The average Bonchev–Trinajstić information content (AvgIpc) is 3.50. The van der Waals surface area contributed by atoms with Crippen molar-refractivity contribution in [3.05, 3.63) is 54.7 Å². The number of rotatable bonds is 11. The second-order valence-electron chi connectivity index (χ2n) is 8.48. The van der Waals surface area contributed by atoms with Crippen molar-refractivity contribution >= 4 is 23.6 Å². The van der Waals surface area contributed by atoms with Crippen LogP contribution in [0.3, 0.4) is 0 Å². The molecule has 39 heavy (non-hydrogen) atoms. The molecule has 0 aliphatic carbocycles. The second-order valence-corrected chi connectivity index (χ2v) is 8.48. The summed E-state index contributed by atoms with van der Waals surface area (Å²) in [4.78, 5) is 53.3. The van der Waals surface area contributed by atoms with Gasteiger partial charge in [0.25, 0.3) is 0 Å². The van der Waals surface area contributed by atoms with Crippen molar-refractivity contribution in [1.82, 2.24) is 29.7 Å². The molecule has 0 spiro atoms. The summed E-state index contributed by atoms with van der Waals surface area (Å²) in [5.74, 6) is 0.0544. The van der Waals surface area contributed by atoms with E-state index >= 15 is 0 Å². The fourth-order valence-electron chi connectivity index (χ4n) is 4.22. The number of hydrogen-bond donors (Lipinski definition) is 2. The number of carboxylic acids is 1. The van der Waals surface area contributed by atoms with Gasteiger partial charge in [-0.25, -0.2) is 14.8 Å². The Morgan fingerprint density at radius 2 is 1.85 bits per heavy atom. The predicted molar refractivity (Wildman–Crippen MR) is 137 cm³/mol. The van der Waals surface area contributed by atoms with Crippen LogP contribution in [0.4, 0.5) is 5.82 Å². The summed E-state index contributed by atoms with van der Waals surface area (Å²) in [5, 5.41) is 11.7. The third-order valence-corrected chi connectivity index (χ3v) is 6.11. The van der Waals surface area contributed by atoms with Crippen molar-refractivity contribution in [3.8, 4) is 17.4 Å². The maximum atomic E-state index is 13.6. The van der Waals surface area contributed by atoms with Gasteiger partial charge in [-0.3, -0.25) is 14.2 Å². The lowest BCUT2D eigenvalue weighted by atomic mass is 10.1. The number of carbonyl (C=O) groups excluding carboxylic acids is 2. The predicted octanol–water partition coefficient (Wildman–Crippen LogP) is 0.114. The third-order valence-electron chi connectivity index (χ3n) is 6.11. The summed E-state index contributed by atoms with van der Waals surface area (Å²) in [6.45, 7) is -0.263. The van der Waals surface area contributed by atoms with Crippen molar-refractivity contribution < 1.29 is 33.7 Å². The Labute approximate surface area is 224 Å². The molecule has 4 rings (SSSR count). The van der Waals surface area contributed by atoms with Crippen molar-refractivity contribution in [1.29, 1.82) is 0 Å². The second kappa shape index (κ2) is 12.7. The van der Waals surface area contributed by atoms with E-state index in [0.29, 0.717) is 35.4 Å². The van der Waals surface area contributed by atoms with Crippen LogP contribution < -0.4 is 19.7 Å². The van der Waals surface area contributed by atoms with Gasteiger partial charge in [-0.15, -0.1) is 0 Å². The van der Waals surface area contributed by atoms with E-state index in [2.05, 4.69) is 20.3 Å². The first-order valence-electron chi connectivity index (χ1n) is 12.0. The summed E-state index contributed by atoms with van der Waals surface area (Å²) in [6, 6.07) is 6.21. The third kappa shape index (κ3) is 6.59. The van der Waals surface area contributed by atoms with E-state index in [-0.39, 0.29) is 25.5 Å². The zero-order chi connectivity index (χ0) is 27.8. The molecule has 2 N–H and O–H groups in total. The molecule has 1 saturated heterocycles. The maximum Gasteiger partial charge on any atom is 0.329 e. The molecule has 14 heteroatoms. The van der Waals surface area contributed by atoms with Crippen LogP contribution in [0.25, 0.3) is 5.95 Å². The number of ether oxygens (including phenoxy) is 3. The van der Waals surface area contributed by atoms with E-state index in [0.717, 1.165) is 0 Å². The van der Waals surface area contributed by atoms with Gasteiger partial charge in [-0.2, -0.15) is 4.98 Å². The average molecular weight is 540 g/mol. The molecule has 2 aromatic heterocycles. The summed E-state index contributed by atoms with van der Waals surface area (Å²) >= 11 is 0. The molecule has 14 nitrogen and oxygen atoms in total. The highest BCUT2D eigenvalue weighted by molar-refractivity contribution is 5.87. The number of amides is 2. The molecule has 1 aliphatic rings. The Morgan fingerprint density at radius 1 is 1.08 bits per heavy atom. The van der Waals surface area contributed by atoms with E-state index < -0.39 is 31.1 Å². The number of anilines is 1. The van der Waals surface area contributed by atoms with Crippen LogP contribution in [-0.4, -0.2) is 100 Å². The van der Waals surface area contributed by atoms with Gasteiger partial charge < -0.3 is 34.4 Å². The number of hydrogen-bond acceptors (Lipinski definition) is 10. The van der Waals surface area contributed by atoms with Crippen molar-refractivity contribution in [2.24, 2.45) is 0 Å². The first kappa shape index (κ1) is 27.3. The summed E-state index contributed by atoms with van der Waals surface area (Å²) in [5.41, 5.74) is 0.664. The normalized spacial score (nSPS) is 15.1. The Balaban J connectivity index is 1.56. The van der Waals surface area contributed by atoms with Gasteiger partial charge in [0, 0.05) is 31.7 Å². The van der Waals surface area contributed by atoms with Crippen molar-refractivity contribution in [2.45, 2.75) is 12.6 Å². The number of aromatic nitrogens is 4. The van der Waals surface area contributed by atoms with Crippen LogP contribution in [0.5, 0.6) is 11.5 Å². The quantitative estimate of drug-likeness (QED) is 0.340. The van der Waals surface area contributed by atoms with Gasteiger partial charge in [-0.05, 0) is 18.2 Å². The maximum absolute atomic E-state index is 13.6. The van der Waals surface area contributed by atoms with Crippen LogP contribution in [0, 0.1) is 0 Å². The van der Waals surface area contributed by atoms with Crippen molar-refractivity contribution in [2.75, 3.05) is 52.0 Å². The van der Waals surface area contributed by atoms with Gasteiger partial charge in [0.05, 0.1) is 32.9 Å². The van der Waals surface area contributed by atoms with E-state index in [9.17, 15) is 14.4 Å². The molecule has 1 atom stereocenters. The minimum Gasteiger partial charge on any atom is -0.496 e. The Bertz CT molecular complexity index is 1280. The largest absolute Gasteiger partial charge is 0.496 e. The Morgan fingerprint density at radius 3 is 2.51 bits per heavy atom. The molecule has 0 saturated carbocycles. The number of carbonyl (C=O) groups is 3. The van der Waals surface area contributed by atoms with Crippen LogP contribution in [0.2, 0.25) is 0 Å². The molecular formula is C25H29N7O7. The van der Waals surface area contributed by atoms with E-state index in [1.165, 1.54) is 19.1 Å². The minimum absolute atomic E-state index is 0.0363. The van der Waals surface area contributed by atoms with Gasteiger partial charge >= 0.3 is 5.97 Å². The topological polar surface area (TPSA) is 161 Å². The van der Waals surface area contributed by atoms with Gasteiger partial charge in [-0.1, -0.05) is 6.07 Å². The molecule has 3 aromatic rings. The molecule has 3 heterocycles. The first-order valence-corrected chi connectivity index (χ1v) is 12.0. The molecule has 206 valence electrons. The number of piperazine rings is 1. The highest BCUT2D eigenvalue weighted by Gasteiger charge is 2.35. The molecule has 2 amide bonds. The standard InChI is InChI=1S/C25H29N7O7/c1-37-19-4-3-5-20(38-2)17(19)12-28-24(36)18-13-30(22(33)14-39-15-23(34)35)10-11-32(18)21-6-7-27-25(29-21)31-9-8-26-16-31/h3-9,16,18H,10-15H2,1-2H3,(H,28,36)(H,34,35). The van der Waals surface area contributed by atoms with Crippen LogP contribution in [0.15, 0.2) is 49.2 Å². The zero-order valence-electron chi connectivity index (χ0n) is 21.5. The lowest BCUT2D eigenvalue weighted by Crippen LogP contribution is -2.61. The zero-order valence-corrected chi connectivity index (χ0v) is 21.5. The highest BCUT2D eigenvalue weighted by Crippen LogP contribution is 2.28. The minimum atomic E-state index is -1.17. The fourth-order valence-corrected chi connectivity index (χ4v) is 4.22. The summed E-state index contributed by atoms with van der Waals surface area (Å²) in [7, 11) is 3.07. The monoisotopic (exact) mass is 539 g/mol. The number of nitrogens with one attached hydrogen (secondary N) is 1. The number of nitrogens with zero attached hydrogens (tertiary/aromatic N) is 6. The number of carboxylic acid groups (broad SMARTS) is 1. The lowest BCUT2D eigenvalue weighted by molar-refractivity contribution is -0.146. The summed E-state index contributed by atoms with van der Waals surface area (Å²) < 4.78 is 17.5. The summed E-state index contributed by atoms with van der Waals surface area (Å²) in [6.07, 6.45) is 6.47. The molecule has 1 fully saturated rings. The van der Waals surface area contributed by atoms with E-state index in [1.54, 1.807) is 58.7 Å². The van der Waals surface area contributed by atoms with Crippen LogP contribution in [0.1, 0.15) is 5.56 Å². The number of methoxy groups -OCH3 is 2. The number of benzene rings is 1. The molecule has 1 aromatic carbocycles. The fraction of sp³-hybridized carbons (Fsp3) is 0.360. The smallest absolute Gasteiger partial charge is 0.329 e. The van der Waals surface area contributed by atoms with Gasteiger partial charge in [0.15, 0.2) is 0 Å². The Kier molecular flexibility index (Phi) is 8.89. The number of aliphatic carboxylic acids is 1. The van der Waals surface area contributed by atoms with Crippen LogP contribution in [-0.2, 0) is 25.7 Å². The molecule has 0 radical (unpaired) electrons. The van der Waals surface area contributed by atoms with E-state index in [1.807, 2.05) is 0 Å². The molecule has 1 aliphatic heterocycles. The SMILES string of the molecule is COc1cccc(OC)c1CNC(=O)C1CN(C(=O)COCC(=O)O)CCN1c1ccnc(-n2ccnc2)n1. The van der Waals surface area contributed by atoms with E-state index in [4.69, 9.17) is 19.3 Å². The lowest BCUT2D eigenvalue weighted by Gasteiger charge is -2.41. The molecule has 0 bridgehead atoms. The van der Waals surface area contributed by atoms with Crippen LogP contribution >= 0.6 is 0 Å². The highest BCUT2D eigenvalue weighted by atomic mass is 16.5. The van der Waals surface area contributed by atoms with Gasteiger partial charge in [0.2, 0.25) is 17.8 Å². The van der Waals surface area contributed by atoms with Crippen molar-refractivity contribution in [3.63, 3.8) is 0 Å². The Hall–Kier alpha value is -4.72. The molecular weight excluding hydrogens is 510 g/mol. The molecule has 1 unspecified atom stereocenters. The van der Waals surface area contributed by atoms with Gasteiger partial charge in [0.1, 0.15) is 42.9 Å².